The quantitative estimate of drug-likeness (QED) is 0.488. The maximum atomic E-state index is 12.4. The molecule has 0 saturated carbocycles. The van der Waals surface area contributed by atoms with Crippen LogP contribution in [0.5, 0.6) is 0 Å². The number of ether oxygens (including phenoxy) is 2. The standard InChI is InChI=1S/C24H31N3O4/c28-21(18-31-15-14-30-17-19-6-2-1-3-7-19)16-26-12-10-20(11-13-26)27-23-9-5-4-8-22(23)25-24(27)29/h1-9,20-21,28H,10-18H2,(H,25,29). The van der Waals surface area contributed by atoms with Crippen molar-refractivity contribution < 1.29 is 14.6 Å². The van der Waals surface area contributed by atoms with Crippen LogP contribution in [-0.4, -0.2) is 65.1 Å². The van der Waals surface area contributed by atoms with E-state index >= 15 is 0 Å². The molecular weight excluding hydrogens is 394 g/mol. The second-order valence-electron chi connectivity index (χ2n) is 8.12. The number of fused-ring (bicyclic) bond motifs is 1. The number of hydrogen-bond acceptors (Lipinski definition) is 5. The highest BCUT2D eigenvalue weighted by Crippen LogP contribution is 2.24. The molecule has 1 aliphatic heterocycles. The summed E-state index contributed by atoms with van der Waals surface area (Å²) in [6, 6.07) is 18.0. The van der Waals surface area contributed by atoms with Gasteiger partial charge in [-0.05, 0) is 30.5 Å². The summed E-state index contributed by atoms with van der Waals surface area (Å²) in [6.45, 7) is 4.14. The predicted molar refractivity (Wildman–Crippen MR) is 120 cm³/mol. The molecule has 7 heteroatoms. The highest BCUT2D eigenvalue weighted by atomic mass is 16.5. The van der Waals surface area contributed by atoms with Crippen molar-refractivity contribution in [1.82, 2.24) is 14.5 Å². The summed E-state index contributed by atoms with van der Waals surface area (Å²) in [5.74, 6) is 0. The minimum absolute atomic E-state index is 0.0393. The van der Waals surface area contributed by atoms with Crippen LogP contribution in [0.2, 0.25) is 0 Å². The number of aliphatic hydroxyl groups excluding tert-OH is 1. The smallest absolute Gasteiger partial charge is 0.326 e. The van der Waals surface area contributed by atoms with Gasteiger partial charge >= 0.3 is 5.69 Å². The molecule has 0 amide bonds. The number of para-hydroxylation sites is 2. The van der Waals surface area contributed by atoms with Crippen LogP contribution in [-0.2, 0) is 16.1 Å². The van der Waals surface area contributed by atoms with Crippen LogP contribution in [0.4, 0.5) is 0 Å². The maximum absolute atomic E-state index is 12.4. The highest BCUT2D eigenvalue weighted by molar-refractivity contribution is 5.75. The minimum Gasteiger partial charge on any atom is -0.389 e. The van der Waals surface area contributed by atoms with E-state index in [9.17, 15) is 9.90 Å². The molecule has 1 saturated heterocycles. The van der Waals surface area contributed by atoms with Crippen molar-refractivity contribution in [2.75, 3.05) is 39.5 Å². The van der Waals surface area contributed by atoms with E-state index in [-0.39, 0.29) is 11.7 Å². The number of aliphatic hydroxyl groups is 1. The molecule has 3 aromatic rings. The van der Waals surface area contributed by atoms with Crippen molar-refractivity contribution in [2.45, 2.75) is 31.6 Å². The number of nitrogens with zero attached hydrogens (tertiary/aromatic N) is 2. The van der Waals surface area contributed by atoms with Gasteiger partial charge in [-0.15, -0.1) is 0 Å². The molecule has 4 rings (SSSR count). The number of likely N-dealkylation sites (tertiary alicyclic amines) is 1. The van der Waals surface area contributed by atoms with E-state index in [0.29, 0.717) is 33.0 Å². The average molecular weight is 426 g/mol. The van der Waals surface area contributed by atoms with Gasteiger partial charge in [0.15, 0.2) is 0 Å². The number of benzene rings is 2. The van der Waals surface area contributed by atoms with Crippen molar-refractivity contribution in [3.8, 4) is 0 Å². The number of β-amino-alcohol motifs (C(OH)–C–C–N with tert-alkyl or cyclic N) is 1. The van der Waals surface area contributed by atoms with Gasteiger partial charge in [-0.1, -0.05) is 42.5 Å². The van der Waals surface area contributed by atoms with Crippen LogP contribution in [0.1, 0.15) is 24.4 Å². The van der Waals surface area contributed by atoms with E-state index in [1.807, 2.05) is 59.2 Å². The zero-order valence-corrected chi connectivity index (χ0v) is 17.8. The summed E-state index contributed by atoms with van der Waals surface area (Å²) >= 11 is 0. The number of piperidine rings is 1. The summed E-state index contributed by atoms with van der Waals surface area (Å²) in [7, 11) is 0. The lowest BCUT2D eigenvalue weighted by molar-refractivity contribution is -0.0132. The van der Waals surface area contributed by atoms with Gasteiger partial charge in [0.2, 0.25) is 0 Å². The second-order valence-corrected chi connectivity index (χ2v) is 8.12. The Morgan fingerprint density at radius 2 is 1.71 bits per heavy atom. The molecule has 1 aliphatic rings. The Morgan fingerprint density at radius 1 is 1.00 bits per heavy atom. The van der Waals surface area contributed by atoms with E-state index < -0.39 is 6.10 Å². The molecule has 166 valence electrons. The number of nitrogens with one attached hydrogen (secondary N) is 1. The Balaban J connectivity index is 1.14. The summed E-state index contributed by atoms with van der Waals surface area (Å²) in [4.78, 5) is 17.6. The average Bonchev–Trinajstić information content (AvgIpc) is 3.13. The third-order valence-corrected chi connectivity index (χ3v) is 5.81. The maximum Gasteiger partial charge on any atom is 0.326 e. The summed E-state index contributed by atoms with van der Waals surface area (Å²) < 4.78 is 13.0. The fourth-order valence-electron chi connectivity index (χ4n) is 4.25. The van der Waals surface area contributed by atoms with E-state index in [1.54, 1.807) is 0 Å². The molecule has 31 heavy (non-hydrogen) atoms. The van der Waals surface area contributed by atoms with Gasteiger partial charge in [0.1, 0.15) is 0 Å². The van der Waals surface area contributed by atoms with Gasteiger partial charge in [-0.2, -0.15) is 0 Å². The number of aromatic amines is 1. The Morgan fingerprint density at radius 3 is 2.52 bits per heavy atom. The summed E-state index contributed by atoms with van der Waals surface area (Å²) in [6.07, 6.45) is 1.26. The number of imidazole rings is 1. The van der Waals surface area contributed by atoms with E-state index in [1.165, 1.54) is 0 Å². The first-order valence-corrected chi connectivity index (χ1v) is 11.0. The Hall–Kier alpha value is -2.45. The predicted octanol–water partition coefficient (Wildman–Crippen LogP) is 2.56. The van der Waals surface area contributed by atoms with Crippen LogP contribution in [0.15, 0.2) is 59.4 Å². The second kappa shape index (κ2) is 10.7. The van der Waals surface area contributed by atoms with Crippen LogP contribution < -0.4 is 5.69 Å². The third-order valence-electron chi connectivity index (χ3n) is 5.81. The van der Waals surface area contributed by atoms with Gasteiger partial charge < -0.3 is 24.5 Å². The Kier molecular flexibility index (Phi) is 7.53. The van der Waals surface area contributed by atoms with E-state index in [0.717, 1.165) is 42.5 Å². The van der Waals surface area contributed by atoms with E-state index in [2.05, 4.69) is 9.88 Å². The Bertz CT molecular complexity index is 993. The molecule has 0 spiro atoms. The van der Waals surface area contributed by atoms with Crippen LogP contribution in [0.25, 0.3) is 11.0 Å². The fourth-order valence-corrected chi connectivity index (χ4v) is 4.25. The molecule has 0 radical (unpaired) electrons. The lowest BCUT2D eigenvalue weighted by Crippen LogP contribution is -2.41. The van der Waals surface area contributed by atoms with Crippen LogP contribution >= 0.6 is 0 Å². The van der Waals surface area contributed by atoms with Gasteiger partial charge in [0, 0.05) is 25.7 Å². The van der Waals surface area contributed by atoms with Crippen molar-refractivity contribution in [3.05, 3.63) is 70.6 Å². The lowest BCUT2D eigenvalue weighted by Gasteiger charge is -2.33. The van der Waals surface area contributed by atoms with Crippen molar-refractivity contribution in [3.63, 3.8) is 0 Å². The first-order chi connectivity index (χ1) is 15.2. The molecule has 1 aromatic heterocycles. The van der Waals surface area contributed by atoms with E-state index in [4.69, 9.17) is 9.47 Å². The van der Waals surface area contributed by atoms with Crippen molar-refractivity contribution in [1.29, 1.82) is 0 Å². The largest absolute Gasteiger partial charge is 0.389 e. The molecule has 2 aromatic carbocycles. The normalized spacial score (nSPS) is 16.7. The topological polar surface area (TPSA) is 79.7 Å². The number of aromatic nitrogens is 2. The fraction of sp³-hybridized carbons (Fsp3) is 0.458. The first kappa shape index (κ1) is 21.8. The van der Waals surface area contributed by atoms with Crippen LogP contribution in [0, 0.1) is 0 Å². The number of rotatable bonds is 10. The van der Waals surface area contributed by atoms with Gasteiger partial charge in [0.25, 0.3) is 0 Å². The zero-order valence-electron chi connectivity index (χ0n) is 17.8. The third kappa shape index (κ3) is 5.83. The lowest BCUT2D eigenvalue weighted by atomic mass is 10.0. The molecule has 1 unspecified atom stereocenters. The Labute approximate surface area is 182 Å². The SMILES string of the molecule is O=c1[nH]c2ccccc2n1C1CCN(CC(O)COCCOCc2ccccc2)CC1. The number of hydrogen-bond donors (Lipinski definition) is 2. The molecular formula is C24H31N3O4. The van der Waals surface area contributed by atoms with Gasteiger partial charge in [0.05, 0.1) is 43.6 Å². The van der Waals surface area contributed by atoms with Gasteiger partial charge in [-0.25, -0.2) is 4.79 Å². The summed E-state index contributed by atoms with van der Waals surface area (Å²) in [5.41, 5.74) is 2.95. The zero-order chi connectivity index (χ0) is 21.5. The monoisotopic (exact) mass is 425 g/mol. The molecule has 2 N–H and O–H groups in total. The minimum atomic E-state index is -0.526. The van der Waals surface area contributed by atoms with Gasteiger partial charge in [-0.3, -0.25) is 4.57 Å². The van der Waals surface area contributed by atoms with Crippen molar-refractivity contribution >= 4 is 11.0 Å². The summed E-state index contributed by atoms with van der Waals surface area (Å²) in [5, 5.41) is 10.3. The highest BCUT2D eigenvalue weighted by Gasteiger charge is 2.24. The molecule has 0 aliphatic carbocycles. The molecule has 1 atom stereocenters. The molecule has 2 heterocycles. The van der Waals surface area contributed by atoms with Crippen molar-refractivity contribution in [2.24, 2.45) is 0 Å². The van der Waals surface area contributed by atoms with Crippen LogP contribution in [0.3, 0.4) is 0 Å². The molecule has 0 bridgehead atoms. The first-order valence-electron chi connectivity index (χ1n) is 11.0. The molecule has 1 fully saturated rings. The molecule has 7 nitrogen and oxygen atoms in total. The number of H-pyrrole nitrogens is 1.